The van der Waals surface area contributed by atoms with E-state index in [1.54, 1.807) is 0 Å². The first-order valence-corrected chi connectivity index (χ1v) is 10.5. The molecular weight excluding hydrogens is 392 g/mol. The first kappa shape index (κ1) is 22.2. The lowest BCUT2D eigenvalue weighted by atomic mass is 10.0. The molecule has 0 aliphatic carbocycles. The van der Waals surface area contributed by atoms with Crippen LogP contribution in [-0.2, 0) is 22.4 Å². The van der Waals surface area contributed by atoms with Gasteiger partial charge < -0.3 is 15.2 Å². The summed E-state index contributed by atoms with van der Waals surface area (Å²) in [5.74, 6) is 0.904. The highest BCUT2D eigenvalue weighted by Crippen LogP contribution is 2.20. The molecule has 0 unspecified atom stereocenters. The predicted octanol–water partition coefficient (Wildman–Crippen LogP) is 3.27. The quantitative estimate of drug-likeness (QED) is 0.525. The van der Waals surface area contributed by atoms with Gasteiger partial charge in [-0.05, 0) is 23.5 Å². The van der Waals surface area contributed by atoms with Crippen molar-refractivity contribution in [3.63, 3.8) is 0 Å². The molecule has 1 heterocycles. The number of nitrogens with one attached hydrogen (secondary N) is 2. The topological polar surface area (TPSA) is 97.1 Å². The van der Waals surface area contributed by atoms with E-state index in [2.05, 4.69) is 34.6 Å². The van der Waals surface area contributed by atoms with Crippen LogP contribution in [0.1, 0.15) is 43.2 Å². The van der Waals surface area contributed by atoms with Crippen molar-refractivity contribution in [3.05, 3.63) is 71.6 Å². The van der Waals surface area contributed by atoms with Gasteiger partial charge in [0.05, 0.1) is 6.54 Å². The van der Waals surface area contributed by atoms with Gasteiger partial charge in [-0.15, -0.1) is 0 Å². The van der Waals surface area contributed by atoms with E-state index in [0.29, 0.717) is 30.6 Å². The molecule has 7 nitrogen and oxygen atoms in total. The number of rotatable bonds is 10. The van der Waals surface area contributed by atoms with Crippen LogP contribution in [0.2, 0.25) is 0 Å². The van der Waals surface area contributed by atoms with Gasteiger partial charge in [-0.1, -0.05) is 73.6 Å². The average Bonchev–Trinajstić information content (AvgIpc) is 3.26. The lowest BCUT2D eigenvalue weighted by Crippen LogP contribution is -2.37. The third-order valence-electron chi connectivity index (χ3n) is 4.89. The molecule has 2 N–H and O–H groups in total. The fraction of sp³-hybridized carbons (Fsp3) is 0.333. The molecule has 0 fully saturated rings. The Morgan fingerprint density at radius 1 is 0.935 bits per heavy atom. The van der Waals surface area contributed by atoms with Gasteiger partial charge in [0.2, 0.25) is 23.5 Å². The number of amides is 2. The first-order chi connectivity index (χ1) is 15.0. The zero-order valence-electron chi connectivity index (χ0n) is 17.9. The molecule has 0 radical (unpaired) electrons. The highest BCUT2D eigenvalue weighted by molar-refractivity contribution is 5.84. The molecule has 1 aromatic heterocycles. The smallest absolute Gasteiger partial charge is 0.239 e. The van der Waals surface area contributed by atoms with E-state index < -0.39 is 0 Å². The molecule has 31 heavy (non-hydrogen) atoms. The van der Waals surface area contributed by atoms with Gasteiger partial charge >= 0.3 is 0 Å². The van der Waals surface area contributed by atoms with Gasteiger partial charge in [0.1, 0.15) is 0 Å². The molecule has 0 saturated carbocycles. The lowest BCUT2D eigenvalue weighted by Gasteiger charge is -2.06. The Labute approximate surface area is 182 Å². The second-order valence-electron chi connectivity index (χ2n) is 7.65. The van der Waals surface area contributed by atoms with Crippen LogP contribution in [0.3, 0.4) is 0 Å². The molecule has 0 saturated heterocycles. The highest BCUT2D eigenvalue weighted by Gasteiger charge is 2.12. The maximum atomic E-state index is 12.0. The molecule has 2 amide bonds. The Morgan fingerprint density at radius 3 is 2.39 bits per heavy atom. The molecule has 162 valence electrons. The molecule has 0 aliphatic rings. The van der Waals surface area contributed by atoms with Crippen molar-refractivity contribution in [3.8, 4) is 11.4 Å². The zero-order valence-corrected chi connectivity index (χ0v) is 17.9. The van der Waals surface area contributed by atoms with Crippen LogP contribution in [0.4, 0.5) is 0 Å². The van der Waals surface area contributed by atoms with E-state index in [1.807, 2.05) is 54.6 Å². The summed E-state index contributed by atoms with van der Waals surface area (Å²) in [5.41, 5.74) is 3.27. The third kappa shape index (κ3) is 7.06. The maximum absolute atomic E-state index is 12.0. The Balaban J connectivity index is 1.36. The number of hydrogen-bond donors (Lipinski definition) is 2. The molecule has 3 rings (SSSR count). The predicted molar refractivity (Wildman–Crippen MR) is 118 cm³/mol. The molecule has 0 aliphatic heterocycles. The van der Waals surface area contributed by atoms with Gasteiger partial charge in [-0.3, -0.25) is 9.59 Å². The Morgan fingerprint density at radius 2 is 1.68 bits per heavy atom. The van der Waals surface area contributed by atoms with Crippen LogP contribution in [0.5, 0.6) is 0 Å². The standard InChI is InChI=1S/C24H28N4O3/c1-17(2)19-8-10-20(11-9-19)24-27-23(31-28-24)13-12-21(29)26-16-22(30)25-15-14-18-6-4-3-5-7-18/h3-11,17H,12-16H2,1-2H3,(H,25,30)(H,26,29). The fourth-order valence-electron chi connectivity index (χ4n) is 3.03. The molecule has 3 aromatic rings. The van der Waals surface area contributed by atoms with E-state index in [0.717, 1.165) is 17.5 Å². The summed E-state index contributed by atoms with van der Waals surface area (Å²) in [7, 11) is 0. The van der Waals surface area contributed by atoms with Crippen LogP contribution in [0.25, 0.3) is 11.4 Å². The van der Waals surface area contributed by atoms with Gasteiger partial charge in [-0.25, -0.2) is 0 Å². The lowest BCUT2D eigenvalue weighted by molar-refractivity contribution is -0.126. The zero-order chi connectivity index (χ0) is 22.1. The molecule has 2 aromatic carbocycles. The fourth-order valence-corrected chi connectivity index (χ4v) is 3.03. The van der Waals surface area contributed by atoms with Crippen LogP contribution in [0.15, 0.2) is 59.1 Å². The summed E-state index contributed by atoms with van der Waals surface area (Å²) < 4.78 is 5.25. The summed E-state index contributed by atoms with van der Waals surface area (Å²) in [6.07, 6.45) is 1.24. The minimum Gasteiger partial charge on any atom is -0.354 e. The summed E-state index contributed by atoms with van der Waals surface area (Å²) in [4.78, 5) is 28.2. The number of carbonyl (C=O) groups excluding carboxylic acids is 2. The number of aryl methyl sites for hydroxylation is 1. The number of hydrogen-bond acceptors (Lipinski definition) is 5. The van der Waals surface area contributed by atoms with E-state index >= 15 is 0 Å². The summed E-state index contributed by atoms with van der Waals surface area (Å²) in [5, 5.41) is 9.40. The average molecular weight is 421 g/mol. The Bertz CT molecular complexity index is 982. The monoisotopic (exact) mass is 420 g/mol. The van der Waals surface area contributed by atoms with Gasteiger partial charge in [0.15, 0.2) is 0 Å². The number of aromatic nitrogens is 2. The van der Waals surface area contributed by atoms with Crippen LogP contribution in [-0.4, -0.2) is 35.0 Å². The SMILES string of the molecule is CC(C)c1ccc(-c2noc(CCC(=O)NCC(=O)NCCc3ccccc3)n2)cc1. The second-order valence-corrected chi connectivity index (χ2v) is 7.65. The summed E-state index contributed by atoms with van der Waals surface area (Å²) in [6.45, 7) is 4.76. The van der Waals surface area contributed by atoms with Gasteiger partial charge in [-0.2, -0.15) is 4.98 Å². The number of benzene rings is 2. The summed E-state index contributed by atoms with van der Waals surface area (Å²) >= 11 is 0. The highest BCUT2D eigenvalue weighted by atomic mass is 16.5. The first-order valence-electron chi connectivity index (χ1n) is 10.5. The molecule has 7 heteroatoms. The minimum atomic E-state index is -0.237. The molecule has 0 atom stereocenters. The normalized spacial score (nSPS) is 10.8. The third-order valence-corrected chi connectivity index (χ3v) is 4.89. The molecule has 0 bridgehead atoms. The van der Waals surface area contributed by atoms with Gasteiger partial charge in [0.25, 0.3) is 0 Å². The maximum Gasteiger partial charge on any atom is 0.239 e. The second kappa shape index (κ2) is 11.1. The van der Waals surface area contributed by atoms with E-state index in [4.69, 9.17) is 4.52 Å². The van der Waals surface area contributed by atoms with Gasteiger partial charge in [0, 0.05) is 24.9 Å². The van der Waals surface area contributed by atoms with Crippen molar-refractivity contribution in [2.24, 2.45) is 0 Å². The van der Waals surface area contributed by atoms with E-state index in [-0.39, 0.29) is 24.8 Å². The van der Waals surface area contributed by atoms with Crippen molar-refractivity contribution < 1.29 is 14.1 Å². The van der Waals surface area contributed by atoms with Crippen LogP contribution >= 0.6 is 0 Å². The molecular formula is C24H28N4O3. The van der Waals surface area contributed by atoms with Crippen molar-refractivity contribution in [1.29, 1.82) is 0 Å². The van der Waals surface area contributed by atoms with Crippen LogP contribution < -0.4 is 10.6 Å². The summed E-state index contributed by atoms with van der Waals surface area (Å²) in [6, 6.07) is 17.9. The van der Waals surface area contributed by atoms with E-state index in [9.17, 15) is 9.59 Å². The van der Waals surface area contributed by atoms with Crippen molar-refractivity contribution in [2.75, 3.05) is 13.1 Å². The number of carbonyl (C=O) groups is 2. The van der Waals surface area contributed by atoms with Crippen molar-refractivity contribution >= 4 is 11.8 Å². The largest absolute Gasteiger partial charge is 0.354 e. The van der Waals surface area contributed by atoms with Crippen molar-refractivity contribution in [2.45, 2.75) is 39.0 Å². The molecule has 0 spiro atoms. The Kier molecular flexibility index (Phi) is 7.92. The van der Waals surface area contributed by atoms with E-state index in [1.165, 1.54) is 5.56 Å². The Hall–Kier alpha value is -3.48. The van der Waals surface area contributed by atoms with Crippen LogP contribution in [0, 0.1) is 0 Å². The minimum absolute atomic E-state index is 0.0507. The van der Waals surface area contributed by atoms with Crippen molar-refractivity contribution in [1.82, 2.24) is 20.8 Å². The number of nitrogens with zero attached hydrogens (tertiary/aromatic N) is 2.